The number of nitrogens with zero attached hydrogens (tertiary/aromatic N) is 2. The molecule has 2 aromatic rings. The molecular formula is C20H24N2O3S. The summed E-state index contributed by atoms with van der Waals surface area (Å²) in [5.74, 6) is 0.0600. The largest absolute Gasteiger partial charge is 0.340 e. The van der Waals surface area contributed by atoms with Gasteiger partial charge in [-0.05, 0) is 23.6 Å². The Morgan fingerprint density at radius 3 is 2.19 bits per heavy atom. The van der Waals surface area contributed by atoms with Crippen LogP contribution in [0.1, 0.15) is 16.7 Å². The predicted molar refractivity (Wildman–Crippen MR) is 102 cm³/mol. The molecule has 0 aliphatic carbocycles. The van der Waals surface area contributed by atoms with Gasteiger partial charge in [-0.3, -0.25) is 4.79 Å². The molecule has 1 amide bonds. The van der Waals surface area contributed by atoms with Crippen LogP contribution in [0.25, 0.3) is 0 Å². The van der Waals surface area contributed by atoms with Gasteiger partial charge in [-0.2, -0.15) is 4.31 Å². The quantitative estimate of drug-likeness (QED) is 0.809. The molecule has 0 aromatic heterocycles. The van der Waals surface area contributed by atoms with Crippen molar-refractivity contribution in [1.82, 2.24) is 9.21 Å². The first kappa shape index (κ1) is 18.6. The third-order valence-electron chi connectivity index (χ3n) is 4.78. The minimum absolute atomic E-state index is 0.00496. The van der Waals surface area contributed by atoms with Gasteiger partial charge in [-0.25, -0.2) is 8.42 Å². The van der Waals surface area contributed by atoms with Crippen molar-refractivity contribution in [1.29, 1.82) is 0 Å². The fraction of sp³-hybridized carbons (Fsp3) is 0.350. The third-order valence-corrected chi connectivity index (χ3v) is 6.63. The first-order valence-corrected chi connectivity index (χ1v) is 10.4. The van der Waals surface area contributed by atoms with Gasteiger partial charge in [0.25, 0.3) is 0 Å². The van der Waals surface area contributed by atoms with Crippen molar-refractivity contribution in [2.45, 2.75) is 19.1 Å². The lowest BCUT2D eigenvalue weighted by Crippen LogP contribution is -2.51. The fourth-order valence-corrected chi connectivity index (χ4v) is 4.69. The summed E-state index contributed by atoms with van der Waals surface area (Å²) in [5.41, 5.74) is 2.91. The molecule has 6 heteroatoms. The van der Waals surface area contributed by atoms with Gasteiger partial charge in [-0.15, -0.1) is 0 Å². The van der Waals surface area contributed by atoms with Crippen LogP contribution >= 0.6 is 0 Å². The van der Waals surface area contributed by atoms with E-state index in [0.717, 1.165) is 16.7 Å². The molecule has 1 heterocycles. The van der Waals surface area contributed by atoms with E-state index < -0.39 is 10.0 Å². The molecule has 1 aliphatic heterocycles. The second kappa shape index (κ2) is 8.01. The first-order chi connectivity index (χ1) is 12.5. The Hall–Kier alpha value is -2.18. The average Bonchev–Trinajstić information content (AvgIpc) is 2.64. The molecule has 26 heavy (non-hydrogen) atoms. The summed E-state index contributed by atoms with van der Waals surface area (Å²) < 4.78 is 26.7. The number of piperazine rings is 1. The van der Waals surface area contributed by atoms with Gasteiger partial charge in [0.2, 0.25) is 15.9 Å². The summed E-state index contributed by atoms with van der Waals surface area (Å²) in [6.45, 7) is 3.59. The number of amides is 1. The summed E-state index contributed by atoms with van der Waals surface area (Å²) >= 11 is 0. The highest BCUT2D eigenvalue weighted by molar-refractivity contribution is 7.88. The van der Waals surface area contributed by atoms with Crippen LogP contribution in [0.5, 0.6) is 0 Å². The molecule has 0 radical (unpaired) electrons. The lowest BCUT2D eigenvalue weighted by molar-refractivity contribution is -0.131. The van der Waals surface area contributed by atoms with Crippen molar-refractivity contribution >= 4 is 15.9 Å². The Kier molecular flexibility index (Phi) is 5.74. The molecule has 0 atom stereocenters. The molecule has 1 fully saturated rings. The van der Waals surface area contributed by atoms with Crippen LogP contribution < -0.4 is 0 Å². The third kappa shape index (κ3) is 4.51. The molecule has 0 N–H and O–H groups in total. The molecule has 138 valence electrons. The zero-order valence-electron chi connectivity index (χ0n) is 15.0. The Morgan fingerprint density at radius 2 is 1.54 bits per heavy atom. The lowest BCUT2D eigenvalue weighted by atomic mass is 10.1. The Labute approximate surface area is 155 Å². The van der Waals surface area contributed by atoms with Gasteiger partial charge in [0.1, 0.15) is 0 Å². The summed E-state index contributed by atoms with van der Waals surface area (Å²) in [5, 5.41) is 0. The van der Waals surface area contributed by atoms with E-state index in [1.165, 1.54) is 4.31 Å². The summed E-state index contributed by atoms with van der Waals surface area (Å²) in [6.07, 6.45) is 0.365. The number of rotatable bonds is 5. The summed E-state index contributed by atoms with van der Waals surface area (Å²) in [4.78, 5) is 14.3. The van der Waals surface area contributed by atoms with Crippen LogP contribution in [0, 0.1) is 6.92 Å². The normalized spacial score (nSPS) is 15.8. The maximum Gasteiger partial charge on any atom is 0.227 e. The molecule has 5 nitrogen and oxygen atoms in total. The summed E-state index contributed by atoms with van der Waals surface area (Å²) in [7, 11) is -3.36. The molecule has 0 unspecified atom stereocenters. The van der Waals surface area contributed by atoms with Crippen molar-refractivity contribution < 1.29 is 13.2 Å². The van der Waals surface area contributed by atoms with E-state index in [-0.39, 0.29) is 11.7 Å². The van der Waals surface area contributed by atoms with E-state index >= 15 is 0 Å². The van der Waals surface area contributed by atoms with Crippen LogP contribution in [0.4, 0.5) is 0 Å². The average molecular weight is 372 g/mol. The zero-order chi connectivity index (χ0) is 18.6. The second-order valence-corrected chi connectivity index (χ2v) is 8.59. The van der Waals surface area contributed by atoms with Crippen LogP contribution in [0.2, 0.25) is 0 Å². The highest BCUT2D eigenvalue weighted by atomic mass is 32.2. The Morgan fingerprint density at radius 1 is 0.923 bits per heavy atom. The molecular weight excluding hydrogens is 348 g/mol. The second-order valence-electron chi connectivity index (χ2n) is 6.62. The highest BCUT2D eigenvalue weighted by Crippen LogP contribution is 2.15. The molecule has 0 bridgehead atoms. The number of carbonyl (C=O) groups excluding carboxylic acids is 1. The first-order valence-electron chi connectivity index (χ1n) is 8.80. The topological polar surface area (TPSA) is 57.7 Å². The summed E-state index contributed by atoms with van der Waals surface area (Å²) in [6, 6.07) is 17.0. The van der Waals surface area contributed by atoms with E-state index in [0.29, 0.717) is 32.6 Å². The van der Waals surface area contributed by atoms with E-state index in [1.807, 2.05) is 61.5 Å². The highest BCUT2D eigenvalue weighted by Gasteiger charge is 2.28. The minimum atomic E-state index is -3.36. The number of benzene rings is 2. The Balaban J connectivity index is 1.57. The van der Waals surface area contributed by atoms with Crippen LogP contribution in [-0.2, 0) is 27.0 Å². The SMILES string of the molecule is Cc1ccccc1CC(=O)N1CCN(S(=O)(=O)Cc2ccccc2)CC1. The number of hydrogen-bond donors (Lipinski definition) is 0. The fourth-order valence-electron chi connectivity index (χ4n) is 3.17. The van der Waals surface area contributed by atoms with Gasteiger partial charge in [0, 0.05) is 26.2 Å². The van der Waals surface area contributed by atoms with Gasteiger partial charge in [0.15, 0.2) is 0 Å². The van der Waals surface area contributed by atoms with Crippen LogP contribution in [0.15, 0.2) is 54.6 Å². The number of sulfonamides is 1. The minimum Gasteiger partial charge on any atom is -0.340 e. The van der Waals surface area contributed by atoms with Crippen molar-refractivity contribution in [3.05, 3.63) is 71.3 Å². The molecule has 2 aromatic carbocycles. The number of aryl methyl sites for hydroxylation is 1. The Bertz CT molecular complexity index is 858. The maximum atomic E-state index is 12.6. The van der Waals surface area contributed by atoms with Gasteiger partial charge >= 0.3 is 0 Å². The van der Waals surface area contributed by atoms with Crippen molar-refractivity contribution in [3.63, 3.8) is 0 Å². The number of carbonyl (C=O) groups is 1. The van der Waals surface area contributed by atoms with Gasteiger partial charge in [0.05, 0.1) is 12.2 Å². The zero-order valence-corrected chi connectivity index (χ0v) is 15.8. The lowest BCUT2D eigenvalue weighted by Gasteiger charge is -2.34. The van der Waals surface area contributed by atoms with Gasteiger partial charge < -0.3 is 4.90 Å². The predicted octanol–water partition coefficient (Wildman–Crippen LogP) is 2.21. The molecule has 0 spiro atoms. The van der Waals surface area contributed by atoms with E-state index in [1.54, 1.807) is 4.90 Å². The smallest absolute Gasteiger partial charge is 0.227 e. The molecule has 1 saturated heterocycles. The maximum absolute atomic E-state index is 12.6. The standard InChI is InChI=1S/C20H24N2O3S/c1-17-7-5-6-10-19(17)15-20(23)21-11-13-22(14-12-21)26(24,25)16-18-8-3-2-4-9-18/h2-10H,11-16H2,1H3. The number of hydrogen-bond acceptors (Lipinski definition) is 3. The van der Waals surface area contributed by atoms with Crippen molar-refractivity contribution in [2.24, 2.45) is 0 Å². The molecule has 3 rings (SSSR count). The van der Waals surface area contributed by atoms with Crippen LogP contribution in [0.3, 0.4) is 0 Å². The van der Waals surface area contributed by atoms with Crippen LogP contribution in [-0.4, -0.2) is 49.7 Å². The van der Waals surface area contributed by atoms with E-state index in [2.05, 4.69) is 0 Å². The molecule has 0 saturated carbocycles. The van der Waals surface area contributed by atoms with E-state index in [9.17, 15) is 13.2 Å². The van der Waals surface area contributed by atoms with Gasteiger partial charge in [-0.1, -0.05) is 54.6 Å². The van der Waals surface area contributed by atoms with Crippen molar-refractivity contribution in [2.75, 3.05) is 26.2 Å². The molecule has 1 aliphatic rings. The van der Waals surface area contributed by atoms with Crippen molar-refractivity contribution in [3.8, 4) is 0 Å². The monoisotopic (exact) mass is 372 g/mol. The van der Waals surface area contributed by atoms with E-state index in [4.69, 9.17) is 0 Å².